The molecule has 1 atom stereocenters. The molecule has 1 aliphatic rings. The van der Waals surface area contributed by atoms with Crippen molar-refractivity contribution >= 4 is 28.5 Å². The van der Waals surface area contributed by atoms with Crippen LogP contribution in [0.2, 0.25) is 0 Å². The second-order valence-electron chi connectivity index (χ2n) is 5.57. The van der Waals surface area contributed by atoms with Crippen molar-refractivity contribution < 1.29 is 9.59 Å². The van der Waals surface area contributed by atoms with Crippen molar-refractivity contribution in [3.05, 3.63) is 54.6 Å². The minimum absolute atomic E-state index is 0.0426. The largest absolute Gasteiger partial charge is 0.312 e. The number of carbonyl (C=O) groups excluding carboxylic acids is 2. The molecule has 0 aliphatic carbocycles. The lowest BCUT2D eigenvalue weighted by atomic mass is 10.1. The molecule has 2 aromatic carbocycles. The summed E-state index contributed by atoms with van der Waals surface area (Å²) in [5.74, 6) is -0.641. The first-order chi connectivity index (χ1) is 11.2. The summed E-state index contributed by atoms with van der Waals surface area (Å²) in [7, 11) is 0. The maximum Gasteiger partial charge on any atom is 0.254 e. The van der Waals surface area contributed by atoms with Crippen LogP contribution in [0.25, 0.3) is 11.0 Å². The maximum atomic E-state index is 12.7. The number of fused-ring (bicyclic) bond motifs is 1. The number of aromatic nitrogens is 3. The Morgan fingerprint density at radius 2 is 1.78 bits per heavy atom. The van der Waals surface area contributed by atoms with E-state index in [1.165, 1.54) is 4.68 Å². The molecule has 0 radical (unpaired) electrons. The lowest BCUT2D eigenvalue weighted by Crippen LogP contribution is -2.28. The van der Waals surface area contributed by atoms with Gasteiger partial charge in [-0.25, -0.2) is 0 Å². The first-order valence-electron chi connectivity index (χ1n) is 7.44. The highest BCUT2D eigenvalue weighted by molar-refractivity contribution is 6.01. The monoisotopic (exact) mass is 306 g/mol. The molecule has 0 N–H and O–H groups in total. The number of benzene rings is 2. The molecule has 1 saturated heterocycles. The molecular weight excluding hydrogens is 292 g/mol. The topological polar surface area (TPSA) is 68.1 Å². The van der Waals surface area contributed by atoms with Gasteiger partial charge in [-0.2, -0.15) is 4.68 Å². The lowest BCUT2D eigenvalue weighted by molar-refractivity contribution is -0.117. The molecule has 1 aliphatic heterocycles. The number of anilines is 1. The third-order valence-electron chi connectivity index (χ3n) is 4.10. The summed E-state index contributed by atoms with van der Waals surface area (Å²) in [5.41, 5.74) is 2.16. The Balaban J connectivity index is 1.62. The van der Waals surface area contributed by atoms with E-state index in [1.807, 2.05) is 48.5 Å². The van der Waals surface area contributed by atoms with Crippen LogP contribution >= 0.6 is 0 Å². The number of carbonyl (C=O) groups is 2. The molecular formula is C17H14N4O2. The van der Waals surface area contributed by atoms with Gasteiger partial charge < -0.3 is 4.90 Å². The normalized spacial score (nSPS) is 17.8. The molecule has 1 aromatic heterocycles. The van der Waals surface area contributed by atoms with Crippen LogP contribution in [0, 0.1) is 5.92 Å². The Labute approximate surface area is 132 Å². The van der Waals surface area contributed by atoms with E-state index in [0.717, 1.165) is 5.69 Å². The summed E-state index contributed by atoms with van der Waals surface area (Å²) >= 11 is 0. The van der Waals surface area contributed by atoms with Gasteiger partial charge in [0, 0.05) is 18.7 Å². The zero-order valence-corrected chi connectivity index (χ0v) is 12.3. The number of amides is 1. The first-order valence-corrected chi connectivity index (χ1v) is 7.44. The number of hydrogen-bond acceptors (Lipinski definition) is 4. The van der Waals surface area contributed by atoms with E-state index in [4.69, 9.17) is 0 Å². The molecule has 4 rings (SSSR count). The minimum atomic E-state index is -0.409. The van der Waals surface area contributed by atoms with Gasteiger partial charge in [-0.3, -0.25) is 9.59 Å². The van der Waals surface area contributed by atoms with Gasteiger partial charge in [0.25, 0.3) is 5.91 Å². The Morgan fingerprint density at radius 3 is 2.61 bits per heavy atom. The fourth-order valence-corrected chi connectivity index (χ4v) is 2.94. The molecule has 0 bridgehead atoms. The average Bonchev–Trinajstić information content (AvgIpc) is 3.19. The lowest BCUT2D eigenvalue weighted by Gasteiger charge is -2.16. The van der Waals surface area contributed by atoms with Crippen molar-refractivity contribution in [2.24, 2.45) is 5.92 Å². The zero-order chi connectivity index (χ0) is 15.8. The fraction of sp³-hybridized carbons (Fsp3) is 0.176. The van der Waals surface area contributed by atoms with Crippen LogP contribution in [-0.2, 0) is 4.79 Å². The highest BCUT2D eigenvalue weighted by Gasteiger charge is 2.36. The Kier molecular flexibility index (Phi) is 3.15. The second kappa shape index (κ2) is 5.31. The highest BCUT2D eigenvalue weighted by atomic mass is 16.2. The fourth-order valence-electron chi connectivity index (χ4n) is 2.94. The summed E-state index contributed by atoms with van der Waals surface area (Å²) in [6.45, 7) is 0.371. The van der Waals surface area contributed by atoms with Gasteiger partial charge >= 0.3 is 0 Å². The molecule has 0 saturated carbocycles. The molecule has 114 valence electrons. The van der Waals surface area contributed by atoms with Crippen LogP contribution < -0.4 is 4.90 Å². The van der Waals surface area contributed by atoms with E-state index in [2.05, 4.69) is 10.3 Å². The van der Waals surface area contributed by atoms with Crippen molar-refractivity contribution in [1.29, 1.82) is 0 Å². The minimum Gasteiger partial charge on any atom is -0.312 e. The molecule has 6 nitrogen and oxygen atoms in total. The molecule has 1 unspecified atom stereocenters. The van der Waals surface area contributed by atoms with Gasteiger partial charge in [0.2, 0.25) is 5.91 Å². The van der Waals surface area contributed by atoms with Crippen LogP contribution in [0.3, 0.4) is 0 Å². The summed E-state index contributed by atoms with van der Waals surface area (Å²) in [6, 6.07) is 16.7. The van der Waals surface area contributed by atoms with Crippen LogP contribution in [0.15, 0.2) is 54.6 Å². The van der Waals surface area contributed by atoms with Gasteiger partial charge in [-0.15, -0.1) is 5.10 Å². The zero-order valence-electron chi connectivity index (χ0n) is 12.3. The van der Waals surface area contributed by atoms with Gasteiger partial charge in [-0.05, 0) is 24.3 Å². The smallest absolute Gasteiger partial charge is 0.254 e. The van der Waals surface area contributed by atoms with E-state index in [-0.39, 0.29) is 18.2 Å². The van der Waals surface area contributed by atoms with Crippen LogP contribution in [0.1, 0.15) is 11.2 Å². The third-order valence-corrected chi connectivity index (χ3v) is 4.10. The maximum absolute atomic E-state index is 12.7. The molecule has 23 heavy (non-hydrogen) atoms. The summed E-state index contributed by atoms with van der Waals surface area (Å²) in [6.07, 6.45) is 0.196. The quantitative estimate of drug-likeness (QED) is 0.727. The van der Waals surface area contributed by atoms with E-state index in [0.29, 0.717) is 17.6 Å². The van der Waals surface area contributed by atoms with Gasteiger partial charge in [0.15, 0.2) is 0 Å². The van der Waals surface area contributed by atoms with Crippen LogP contribution in [-0.4, -0.2) is 33.4 Å². The SMILES string of the molecule is O=C1CC(C(=O)n2nnc3ccccc32)CN1c1ccccc1. The van der Waals surface area contributed by atoms with Gasteiger partial charge in [-0.1, -0.05) is 35.5 Å². The first kappa shape index (κ1) is 13.6. The third kappa shape index (κ3) is 2.28. The van der Waals surface area contributed by atoms with E-state index >= 15 is 0 Å². The summed E-state index contributed by atoms with van der Waals surface area (Å²) in [5, 5.41) is 7.95. The Morgan fingerprint density at radius 1 is 1.04 bits per heavy atom. The van der Waals surface area contributed by atoms with Crippen LogP contribution in [0.4, 0.5) is 5.69 Å². The van der Waals surface area contributed by atoms with Crippen molar-refractivity contribution in [3.8, 4) is 0 Å². The van der Waals surface area contributed by atoms with Crippen molar-refractivity contribution in [2.45, 2.75) is 6.42 Å². The number of rotatable bonds is 2. The predicted molar refractivity (Wildman–Crippen MR) is 85.1 cm³/mol. The molecule has 2 heterocycles. The second-order valence-corrected chi connectivity index (χ2v) is 5.57. The molecule has 6 heteroatoms. The predicted octanol–water partition coefficient (Wildman–Crippen LogP) is 2.12. The molecule has 1 fully saturated rings. The summed E-state index contributed by atoms with van der Waals surface area (Å²) in [4.78, 5) is 26.6. The van der Waals surface area contributed by atoms with E-state index in [1.54, 1.807) is 11.0 Å². The number of nitrogens with zero attached hydrogens (tertiary/aromatic N) is 4. The van der Waals surface area contributed by atoms with Crippen molar-refractivity contribution in [3.63, 3.8) is 0 Å². The highest BCUT2D eigenvalue weighted by Crippen LogP contribution is 2.26. The Hall–Kier alpha value is -3.02. The number of para-hydroxylation sites is 2. The van der Waals surface area contributed by atoms with E-state index in [9.17, 15) is 9.59 Å². The number of hydrogen-bond donors (Lipinski definition) is 0. The average molecular weight is 306 g/mol. The van der Waals surface area contributed by atoms with Crippen molar-refractivity contribution in [1.82, 2.24) is 15.0 Å². The Bertz CT molecular complexity index is 888. The van der Waals surface area contributed by atoms with E-state index < -0.39 is 5.92 Å². The van der Waals surface area contributed by atoms with Gasteiger partial charge in [0.1, 0.15) is 5.52 Å². The molecule has 0 spiro atoms. The van der Waals surface area contributed by atoms with Crippen LogP contribution in [0.5, 0.6) is 0 Å². The van der Waals surface area contributed by atoms with Crippen molar-refractivity contribution in [2.75, 3.05) is 11.4 Å². The molecule has 1 amide bonds. The summed E-state index contributed by atoms with van der Waals surface area (Å²) < 4.78 is 1.31. The standard InChI is InChI=1S/C17H14N4O2/c22-16-10-12(11-20(16)13-6-2-1-3-7-13)17(23)21-15-9-5-4-8-14(15)18-19-21/h1-9,12H,10-11H2. The molecule has 3 aromatic rings. The van der Waals surface area contributed by atoms with Gasteiger partial charge in [0.05, 0.1) is 11.4 Å².